The predicted octanol–water partition coefficient (Wildman–Crippen LogP) is 3.78. The van der Waals surface area contributed by atoms with Crippen molar-refractivity contribution in [3.8, 4) is 11.8 Å². The van der Waals surface area contributed by atoms with E-state index < -0.39 is 6.10 Å². The highest BCUT2D eigenvalue weighted by Gasteiger charge is 2.28. The number of aliphatic hydroxyl groups is 1. The van der Waals surface area contributed by atoms with Crippen molar-refractivity contribution in [1.82, 2.24) is 10.3 Å². The third kappa shape index (κ3) is 8.81. The number of pyridine rings is 1. The molecule has 0 aliphatic heterocycles. The van der Waals surface area contributed by atoms with Crippen molar-refractivity contribution in [2.45, 2.75) is 64.5 Å². The van der Waals surface area contributed by atoms with Gasteiger partial charge in [0.15, 0.2) is 11.4 Å². The van der Waals surface area contributed by atoms with Gasteiger partial charge in [-0.25, -0.2) is 4.98 Å². The molecule has 0 saturated heterocycles. The molecule has 7 nitrogen and oxygen atoms in total. The number of hydrogen-bond acceptors (Lipinski definition) is 7. The van der Waals surface area contributed by atoms with Crippen LogP contribution in [0.5, 0.6) is 5.75 Å². The topological polar surface area (TPSA) is 104 Å². The molecule has 0 amide bonds. The van der Waals surface area contributed by atoms with Gasteiger partial charge in [-0.1, -0.05) is 24.3 Å². The molecule has 0 fully saturated rings. The molecule has 0 bridgehead atoms. The van der Waals surface area contributed by atoms with Gasteiger partial charge in [0.05, 0.1) is 6.61 Å². The number of carbonyl (C=O) groups is 1. The summed E-state index contributed by atoms with van der Waals surface area (Å²) in [4.78, 5) is 15.7. The third-order valence-corrected chi connectivity index (χ3v) is 6.12. The van der Waals surface area contributed by atoms with Gasteiger partial charge in [0.2, 0.25) is 0 Å². The minimum absolute atomic E-state index is 0. The molecule has 0 saturated carbocycles. The lowest BCUT2D eigenvalue weighted by molar-refractivity contribution is -0.143. The predicted molar refractivity (Wildman–Crippen MR) is 137 cm³/mol. The Hall–Kier alpha value is -2.66. The molecule has 0 spiro atoms. The second kappa shape index (κ2) is 13.4. The number of nitrogens with zero attached hydrogens (tertiary/aromatic N) is 2. The maximum atomic E-state index is 11.6. The number of esters is 1. The minimum atomic E-state index is -0.741. The zero-order valence-electron chi connectivity index (χ0n) is 20.8. The Morgan fingerprint density at radius 2 is 2.00 bits per heavy atom. The zero-order valence-corrected chi connectivity index (χ0v) is 21.6. The Morgan fingerprint density at radius 1 is 1.31 bits per heavy atom. The number of nitriles is 1. The fourth-order valence-corrected chi connectivity index (χ4v) is 4.52. The summed E-state index contributed by atoms with van der Waals surface area (Å²) >= 11 is 0. The Labute approximate surface area is 214 Å². The molecular weight excluding hydrogens is 466 g/mol. The van der Waals surface area contributed by atoms with Crippen LogP contribution in [-0.2, 0) is 28.8 Å². The van der Waals surface area contributed by atoms with Crippen LogP contribution in [0.1, 0.15) is 56.0 Å². The number of carbonyl (C=O) groups excluding carboxylic acids is 1. The maximum absolute atomic E-state index is 11.6. The molecule has 8 heteroatoms. The van der Waals surface area contributed by atoms with Crippen LogP contribution in [0.3, 0.4) is 0 Å². The second-order valence-corrected chi connectivity index (χ2v) is 9.58. The number of nitrogens with one attached hydrogen (secondary N) is 1. The van der Waals surface area contributed by atoms with E-state index in [9.17, 15) is 15.2 Å². The van der Waals surface area contributed by atoms with Crippen molar-refractivity contribution in [1.29, 1.82) is 5.26 Å². The van der Waals surface area contributed by atoms with Gasteiger partial charge in [0.1, 0.15) is 18.8 Å². The van der Waals surface area contributed by atoms with Crippen LogP contribution in [0.15, 0.2) is 36.5 Å². The normalized spacial score (nSPS) is 13.9. The maximum Gasteiger partial charge on any atom is 0.306 e. The lowest BCUT2D eigenvalue weighted by Gasteiger charge is -2.30. The molecule has 1 aliphatic rings. The smallest absolute Gasteiger partial charge is 0.306 e. The SMILES string of the molecule is CCOC(=O)CCc1cnc(C#N)c(OC[C@H](O)CNC(C)(C)CC2Cc3ccccc3C2)c1.Cl. The van der Waals surface area contributed by atoms with Crippen molar-refractivity contribution in [3.63, 3.8) is 0 Å². The first-order valence-electron chi connectivity index (χ1n) is 12.0. The quantitative estimate of drug-likeness (QED) is 0.426. The van der Waals surface area contributed by atoms with E-state index in [1.54, 1.807) is 19.2 Å². The van der Waals surface area contributed by atoms with Gasteiger partial charge < -0.3 is 19.9 Å². The first-order chi connectivity index (χ1) is 16.3. The highest BCUT2D eigenvalue weighted by atomic mass is 35.5. The first-order valence-corrected chi connectivity index (χ1v) is 12.0. The number of ether oxygens (including phenoxy) is 2. The van der Waals surface area contributed by atoms with Crippen molar-refractivity contribution in [2.75, 3.05) is 19.8 Å². The molecule has 35 heavy (non-hydrogen) atoms. The standard InChI is InChI=1S/C27H35N3O4.ClH/c1-4-33-26(32)10-9-19-13-25(24(15-28)29-16-19)34-18-23(31)17-30-27(2,3)14-20-11-21-7-5-6-8-22(21)12-20;/h5-8,13,16,20,23,30-31H,4,9-12,14,17-18H2,1-3H3;1H/t23-;/m1./s1. The van der Waals surface area contributed by atoms with E-state index in [4.69, 9.17) is 9.47 Å². The fourth-order valence-electron chi connectivity index (χ4n) is 4.52. The van der Waals surface area contributed by atoms with E-state index in [0.717, 1.165) is 24.8 Å². The number of halogens is 1. The molecule has 3 rings (SSSR count). The lowest BCUT2D eigenvalue weighted by atomic mass is 9.88. The Kier molecular flexibility index (Phi) is 11.0. The molecule has 1 atom stereocenters. The molecule has 1 aromatic heterocycles. The molecule has 1 heterocycles. The molecule has 1 aliphatic carbocycles. The fraction of sp³-hybridized carbons (Fsp3) is 0.519. The van der Waals surface area contributed by atoms with Gasteiger partial charge in [-0.05, 0) is 75.1 Å². The molecule has 0 radical (unpaired) electrons. The largest absolute Gasteiger partial charge is 0.488 e. The third-order valence-electron chi connectivity index (χ3n) is 6.12. The number of β-amino-alcohol motifs (C(OH)–C–C–N with tert-alkyl or cyclic N) is 1. The van der Waals surface area contributed by atoms with Crippen LogP contribution >= 0.6 is 12.4 Å². The summed E-state index contributed by atoms with van der Waals surface area (Å²) in [5.41, 5.74) is 3.70. The minimum Gasteiger partial charge on any atom is -0.488 e. The number of aromatic nitrogens is 1. The number of benzene rings is 1. The number of aryl methyl sites for hydroxylation is 1. The van der Waals surface area contributed by atoms with Crippen LogP contribution in [-0.4, -0.2) is 47.5 Å². The summed E-state index contributed by atoms with van der Waals surface area (Å²) in [6.07, 6.45) is 4.71. The van der Waals surface area contributed by atoms with E-state index in [1.165, 1.54) is 11.1 Å². The molecule has 190 valence electrons. The Morgan fingerprint density at radius 3 is 2.63 bits per heavy atom. The van der Waals surface area contributed by atoms with Gasteiger partial charge >= 0.3 is 5.97 Å². The van der Waals surface area contributed by atoms with E-state index >= 15 is 0 Å². The molecule has 0 unspecified atom stereocenters. The highest BCUT2D eigenvalue weighted by Crippen LogP contribution is 2.31. The number of rotatable bonds is 12. The van der Waals surface area contributed by atoms with E-state index in [2.05, 4.69) is 48.4 Å². The summed E-state index contributed by atoms with van der Waals surface area (Å²) in [6.45, 7) is 6.85. The summed E-state index contributed by atoms with van der Waals surface area (Å²) in [5, 5.41) is 23.3. The van der Waals surface area contributed by atoms with Gasteiger partial charge in [-0.3, -0.25) is 4.79 Å². The Bertz CT molecular complexity index is 997. The van der Waals surface area contributed by atoms with Crippen molar-refractivity contribution < 1.29 is 19.4 Å². The van der Waals surface area contributed by atoms with Crippen LogP contribution < -0.4 is 10.1 Å². The van der Waals surface area contributed by atoms with Crippen molar-refractivity contribution >= 4 is 18.4 Å². The zero-order chi connectivity index (χ0) is 24.6. The van der Waals surface area contributed by atoms with Crippen molar-refractivity contribution in [3.05, 3.63) is 58.9 Å². The van der Waals surface area contributed by atoms with Crippen LogP contribution in [0, 0.1) is 17.2 Å². The molecule has 2 N–H and O–H groups in total. The van der Waals surface area contributed by atoms with Crippen LogP contribution in [0.25, 0.3) is 0 Å². The second-order valence-electron chi connectivity index (χ2n) is 9.58. The highest BCUT2D eigenvalue weighted by molar-refractivity contribution is 5.85. The van der Waals surface area contributed by atoms with Gasteiger partial charge in [0, 0.05) is 24.7 Å². The van der Waals surface area contributed by atoms with Crippen molar-refractivity contribution in [2.24, 2.45) is 5.92 Å². The van der Waals surface area contributed by atoms with Crippen LogP contribution in [0.4, 0.5) is 0 Å². The van der Waals surface area contributed by atoms with E-state index in [1.807, 2.05) is 6.07 Å². The molecule has 2 aromatic rings. The molecular formula is C27H36ClN3O4. The number of hydrogen-bond donors (Lipinski definition) is 2. The van der Waals surface area contributed by atoms with E-state index in [0.29, 0.717) is 31.2 Å². The Balaban J connectivity index is 0.00000432. The average Bonchev–Trinajstić information content (AvgIpc) is 3.22. The van der Waals surface area contributed by atoms with Gasteiger partial charge in [-0.2, -0.15) is 5.26 Å². The number of aliphatic hydroxyl groups excluding tert-OH is 1. The first kappa shape index (κ1) is 28.6. The van der Waals surface area contributed by atoms with Gasteiger partial charge in [-0.15, -0.1) is 12.4 Å². The lowest BCUT2D eigenvalue weighted by Crippen LogP contribution is -2.46. The molecule has 1 aromatic carbocycles. The summed E-state index contributed by atoms with van der Waals surface area (Å²) in [6, 6.07) is 12.3. The van der Waals surface area contributed by atoms with Gasteiger partial charge in [0.25, 0.3) is 0 Å². The van der Waals surface area contributed by atoms with E-state index in [-0.39, 0.29) is 42.6 Å². The summed E-state index contributed by atoms with van der Waals surface area (Å²) < 4.78 is 10.7. The average molecular weight is 502 g/mol. The monoisotopic (exact) mass is 501 g/mol. The number of fused-ring (bicyclic) bond motifs is 1. The summed E-state index contributed by atoms with van der Waals surface area (Å²) in [5.74, 6) is 0.626. The summed E-state index contributed by atoms with van der Waals surface area (Å²) in [7, 11) is 0. The van der Waals surface area contributed by atoms with Crippen LogP contribution in [0.2, 0.25) is 0 Å².